The Bertz CT molecular complexity index is 1100. The van der Waals surface area contributed by atoms with Crippen LogP contribution < -0.4 is 15.5 Å². The Balaban J connectivity index is 1.21. The van der Waals surface area contributed by atoms with Gasteiger partial charge in [0, 0.05) is 48.4 Å². The summed E-state index contributed by atoms with van der Waals surface area (Å²) in [5.41, 5.74) is 1.87. The van der Waals surface area contributed by atoms with Crippen LogP contribution >= 0.6 is 11.8 Å². The molecule has 2 aromatic rings. The maximum atomic E-state index is 13.2. The van der Waals surface area contributed by atoms with E-state index < -0.39 is 9.84 Å². The molecule has 2 aromatic carbocycles. The number of nitrogens with one attached hydrogen (secondary N) is 2. The van der Waals surface area contributed by atoms with Crippen molar-refractivity contribution < 1.29 is 13.2 Å². The summed E-state index contributed by atoms with van der Waals surface area (Å²) >= 11 is 1.92. The quantitative estimate of drug-likeness (QED) is 0.651. The number of rotatable bonds is 6. The van der Waals surface area contributed by atoms with Gasteiger partial charge in [0.15, 0.2) is 0 Å². The zero-order chi connectivity index (χ0) is 22.8. The zero-order valence-electron chi connectivity index (χ0n) is 18.7. The predicted octanol–water partition coefficient (Wildman–Crippen LogP) is 3.57. The number of hydrogen-bond acceptors (Lipinski definition) is 6. The smallest absolute Gasteiger partial charge is 0.223 e. The Hall–Kier alpha value is -2.03. The fourth-order valence-corrected chi connectivity index (χ4v) is 7.78. The molecule has 0 aromatic heterocycles. The first kappa shape index (κ1) is 22.7. The molecular formula is C25H31N3O3S2. The zero-order valence-corrected chi connectivity index (χ0v) is 20.3. The van der Waals surface area contributed by atoms with Gasteiger partial charge in [-0.05, 0) is 68.0 Å². The molecule has 2 aliphatic heterocycles. The van der Waals surface area contributed by atoms with Crippen LogP contribution in [0.4, 0.5) is 5.69 Å². The number of hydrogen-bond donors (Lipinski definition) is 2. The van der Waals surface area contributed by atoms with Gasteiger partial charge in [-0.25, -0.2) is 8.42 Å². The number of sulfone groups is 1. The molecule has 2 N–H and O–H groups in total. The van der Waals surface area contributed by atoms with Crippen LogP contribution in [0.5, 0.6) is 0 Å². The highest BCUT2D eigenvalue weighted by atomic mass is 32.2. The lowest BCUT2D eigenvalue weighted by Gasteiger charge is -2.30. The highest BCUT2D eigenvalue weighted by Gasteiger charge is 2.36. The van der Waals surface area contributed by atoms with E-state index in [1.54, 1.807) is 36.4 Å². The molecular weight excluding hydrogens is 454 g/mol. The van der Waals surface area contributed by atoms with E-state index >= 15 is 0 Å². The van der Waals surface area contributed by atoms with Crippen molar-refractivity contribution in [1.82, 2.24) is 10.6 Å². The molecule has 3 aliphatic rings. The molecule has 3 unspecified atom stereocenters. The lowest BCUT2D eigenvalue weighted by molar-refractivity contribution is -0.126. The molecule has 1 amide bonds. The maximum Gasteiger partial charge on any atom is 0.223 e. The average Bonchev–Trinajstić information content (AvgIpc) is 3.55. The monoisotopic (exact) mass is 485 g/mol. The Morgan fingerprint density at radius 1 is 1.06 bits per heavy atom. The number of anilines is 1. The van der Waals surface area contributed by atoms with Gasteiger partial charge >= 0.3 is 0 Å². The number of fused-ring (bicyclic) bond motifs is 1. The van der Waals surface area contributed by atoms with Gasteiger partial charge in [0.25, 0.3) is 0 Å². The molecule has 6 nitrogen and oxygen atoms in total. The van der Waals surface area contributed by atoms with Crippen LogP contribution in [0.25, 0.3) is 0 Å². The van der Waals surface area contributed by atoms with E-state index in [2.05, 4.69) is 15.5 Å². The molecule has 2 saturated heterocycles. The Labute approximate surface area is 200 Å². The average molecular weight is 486 g/mol. The molecule has 0 radical (unpaired) electrons. The van der Waals surface area contributed by atoms with Crippen molar-refractivity contribution in [2.75, 3.05) is 23.9 Å². The normalized spacial score (nSPS) is 25.1. The van der Waals surface area contributed by atoms with Crippen LogP contribution in [-0.2, 0) is 21.2 Å². The topological polar surface area (TPSA) is 78.5 Å². The van der Waals surface area contributed by atoms with Crippen molar-refractivity contribution in [3.63, 3.8) is 0 Å². The van der Waals surface area contributed by atoms with Crippen LogP contribution in [0.15, 0.2) is 58.3 Å². The lowest BCUT2D eigenvalue weighted by atomic mass is 9.85. The van der Waals surface area contributed by atoms with Crippen molar-refractivity contribution in [2.45, 2.75) is 59.7 Å². The van der Waals surface area contributed by atoms with E-state index in [1.165, 1.54) is 0 Å². The van der Waals surface area contributed by atoms with Gasteiger partial charge in [0.2, 0.25) is 15.7 Å². The molecule has 3 atom stereocenters. The third-order valence-electron chi connectivity index (χ3n) is 7.10. The minimum atomic E-state index is -3.59. The molecule has 8 heteroatoms. The summed E-state index contributed by atoms with van der Waals surface area (Å²) in [7, 11) is -3.59. The van der Waals surface area contributed by atoms with Crippen LogP contribution in [0, 0.1) is 5.92 Å². The summed E-state index contributed by atoms with van der Waals surface area (Å²) < 4.78 is 26.4. The second kappa shape index (κ2) is 9.68. The first-order chi connectivity index (χ1) is 16.0. The van der Waals surface area contributed by atoms with Crippen molar-refractivity contribution in [3.8, 4) is 0 Å². The highest BCUT2D eigenvalue weighted by molar-refractivity contribution is 8.00. The van der Waals surface area contributed by atoms with Gasteiger partial charge in [0.1, 0.15) is 0 Å². The molecule has 1 saturated carbocycles. The van der Waals surface area contributed by atoms with Gasteiger partial charge in [-0.1, -0.05) is 18.2 Å². The number of amides is 1. The van der Waals surface area contributed by atoms with Crippen LogP contribution in [-0.4, -0.2) is 44.6 Å². The molecule has 2 heterocycles. The summed E-state index contributed by atoms with van der Waals surface area (Å²) in [4.78, 5) is 15.5. The first-order valence-corrected chi connectivity index (χ1v) is 14.4. The minimum Gasteiger partial charge on any atom is -0.372 e. The molecule has 1 aliphatic carbocycles. The number of carbonyl (C=O) groups is 1. The highest BCUT2D eigenvalue weighted by Crippen LogP contribution is 2.36. The maximum absolute atomic E-state index is 13.2. The van der Waals surface area contributed by atoms with Crippen molar-refractivity contribution >= 4 is 33.2 Å². The summed E-state index contributed by atoms with van der Waals surface area (Å²) in [5.74, 6) is 1.17. The second-order valence-corrected chi connectivity index (χ2v) is 12.4. The van der Waals surface area contributed by atoms with E-state index in [9.17, 15) is 13.2 Å². The predicted molar refractivity (Wildman–Crippen MR) is 132 cm³/mol. The Kier molecular flexibility index (Phi) is 6.67. The fraction of sp³-hybridized carbons (Fsp3) is 0.480. The summed E-state index contributed by atoms with van der Waals surface area (Å²) in [6.07, 6.45) is 5.21. The van der Waals surface area contributed by atoms with Gasteiger partial charge < -0.3 is 15.5 Å². The molecule has 176 valence electrons. The van der Waals surface area contributed by atoms with Crippen molar-refractivity contribution in [2.24, 2.45) is 5.92 Å². The van der Waals surface area contributed by atoms with Gasteiger partial charge in [0.05, 0.1) is 9.79 Å². The van der Waals surface area contributed by atoms with Crippen molar-refractivity contribution in [3.05, 3.63) is 54.1 Å². The molecule has 33 heavy (non-hydrogen) atoms. The molecule has 5 rings (SSSR count). The second-order valence-electron chi connectivity index (χ2n) is 9.23. The van der Waals surface area contributed by atoms with E-state index in [0.29, 0.717) is 22.7 Å². The first-order valence-electron chi connectivity index (χ1n) is 11.8. The van der Waals surface area contributed by atoms with Gasteiger partial charge in [-0.3, -0.25) is 4.79 Å². The number of nitrogens with zero attached hydrogens (tertiary/aromatic N) is 1. The summed E-state index contributed by atoms with van der Waals surface area (Å²) in [6.45, 7) is 2.36. The van der Waals surface area contributed by atoms with E-state index in [1.807, 2.05) is 23.9 Å². The SMILES string of the molecule is O=C(NCc1ccc(S(=O)(=O)c2cccc(N3CCCC3)c2)cc1)C1CCC2NCSC2C1. The van der Waals surface area contributed by atoms with Crippen molar-refractivity contribution in [1.29, 1.82) is 0 Å². The van der Waals surface area contributed by atoms with Crippen LogP contribution in [0.1, 0.15) is 37.7 Å². The summed E-state index contributed by atoms with van der Waals surface area (Å²) in [6, 6.07) is 14.7. The summed E-state index contributed by atoms with van der Waals surface area (Å²) in [5, 5.41) is 7.10. The van der Waals surface area contributed by atoms with Crippen LogP contribution in [0.3, 0.4) is 0 Å². The standard InChI is InChI=1S/C25H31N3O3S2/c29-25(19-8-11-23-24(14-19)32-17-27-23)26-16-18-6-9-21(10-7-18)33(30,31)22-5-3-4-20(15-22)28-12-1-2-13-28/h3-7,9-10,15,19,23-24,27H,1-2,8,11-14,16-17H2,(H,26,29). The number of benzene rings is 2. The van der Waals surface area contributed by atoms with Gasteiger partial charge in [-0.2, -0.15) is 0 Å². The Morgan fingerprint density at radius 3 is 2.64 bits per heavy atom. The van der Waals surface area contributed by atoms with Crippen LogP contribution in [0.2, 0.25) is 0 Å². The van der Waals surface area contributed by atoms with E-state index in [-0.39, 0.29) is 16.7 Å². The third kappa shape index (κ3) is 4.93. The number of thioether (sulfide) groups is 1. The molecule has 0 spiro atoms. The number of carbonyl (C=O) groups excluding carboxylic acids is 1. The lowest BCUT2D eigenvalue weighted by Crippen LogP contribution is -2.41. The fourth-order valence-electron chi connectivity index (χ4n) is 5.13. The van der Waals surface area contributed by atoms with E-state index in [0.717, 1.165) is 62.3 Å². The minimum absolute atomic E-state index is 0.0705. The van der Waals surface area contributed by atoms with Gasteiger partial charge in [-0.15, -0.1) is 11.8 Å². The molecule has 0 bridgehead atoms. The largest absolute Gasteiger partial charge is 0.372 e. The third-order valence-corrected chi connectivity index (χ3v) is 10.2. The Morgan fingerprint density at radius 2 is 1.85 bits per heavy atom. The van der Waals surface area contributed by atoms with E-state index in [4.69, 9.17) is 0 Å². The molecule has 3 fully saturated rings.